The minimum absolute atomic E-state index is 0.291. The topological polar surface area (TPSA) is 36.3 Å². The van der Waals surface area contributed by atoms with Gasteiger partial charge in [0, 0.05) is 5.02 Å². The summed E-state index contributed by atoms with van der Waals surface area (Å²) in [7, 11) is 0. The highest BCUT2D eigenvalue weighted by Gasteiger charge is 2.13. The number of fused-ring (bicyclic) bond motifs is 1. The molecule has 0 spiro atoms. The SMILES string of the molecule is Cc1cccc(OCCn2c(COc3ccc(Cl)cc3Cl)nc3ccccc32)c1C. The van der Waals surface area contributed by atoms with E-state index in [0.29, 0.717) is 35.6 Å². The van der Waals surface area contributed by atoms with Crippen molar-refractivity contribution in [3.8, 4) is 11.5 Å². The van der Waals surface area contributed by atoms with E-state index in [0.717, 1.165) is 28.2 Å². The predicted molar refractivity (Wildman–Crippen MR) is 122 cm³/mol. The summed E-state index contributed by atoms with van der Waals surface area (Å²) in [5.41, 5.74) is 4.34. The molecule has 0 aliphatic heterocycles. The first kappa shape index (κ1) is 20.6. The summed E-state index contributed by atoms with van der Waals surface area (Å²) in [5.74, 6) is 2.29. The van der Waals surface area contributed by atoms with Crippen LogP contribution in [0.3, 0.4) is 0 Å². The van der Waals surface area contributed by atoms with E-state index in [1.54, 1.807) is 18.2 Å². The van der Waals surface area contributed by atoms with Crippen molar-refractivity contribution in [3.63, 3.8) is 0 Å². The van der Waals surface area contributed by atoms with E-state index in [2.05, 4.69) is 30.5 Å². The Balaban J connectivity index is 1.53. The number of ether oxygens (including phenoxy) is 2. The van der Waals surface area contributed by atoms with Crippen molar-refractivity contribution in [2.75, 3.05) is 6.61 Å². The Morgan fingerprint density at radius 1 is 0.900 bits per heavy atom. The molecule has 154 valence electrons. The van der Waals surface area contributed by atoms with Gasteiger partial charge in [0.25, 0.3) is 0 Å². The molecular weight excluding hydrogens is 419 g/mol. The van der Waals surface area contributed by atoms with Gasteiger partial charge in [-0.25, -0.2) is 4.98 Å². The molecule has 3 aromatic carbocycles. The Morgan fingerprint density at radius 3 is 2.57 bits per heavy atom. The van der Waals surface area contributed by atoms with Crippen molar-refractivity contribution in [1.82, 2.24) is 9.55 Å². The highest BCUT2D eigenvalue weighted by molar-refractivity contribution is 6.35. The zero-order valence-electron chi connectivity index (χ0n) is 16.9. The van der Waals surface area contributed by atoms with E-state index in [1.165, 1.54) is 5.56 Å². The number of aryl methyl sites for hydroxylation is 1. The number of aromatic nitrogens is 2. The lowest BCUT2D eigenvalue weighted by Crippen LogP contribution is -2.13. The summed E-state index contributed by atoms with van der Waals surface area (Å²) >= 11 is 12.2. The van der Waals surface area contributed by atoms with Gasteiger partial charge in [-0.1, -0.05) is 47.5 Å². The van der Waals surface area contributed by atoms with Gasteiger partial charge < -0.3 is 14.0 Å². The number of nitrogens with zero attached hydrogens (tertiary/aromatic N) is 2. The number of para-hydroxylation sites is 2. The maximum absolute atomic E-state index is 6.24. The van der Waals surface area contributed by atoms with Gasteiger partial charge in [-0.3, -0.25) is 0 Å². The van der Waals surface area contributed by atoms with Crippen molar-refractivity contribution in [3.05, 3.63) is 87.7 Å². The van der Waals surface area contributed by atoms with E-state index >= 15 is 0 Å². The average Bonchev–Trinajstić information content (AvgIpc) is 3.08. The third kappa shape index (κ3) is 4.40. The molecule has 1 aromatic heterocycles. The molecular formula is C24H22Cl2N2O2. The Hall–Kier alpha value is -2.69. The van der Waals surface area contributed by atoms with Crippen LogP contribution in [0.2, 0.25) is 10.0 Å². The fourth-order valence-electron chi connectivity index (χ4n) is 3.35. The molecule has 0 fully saturated rings. The van der Waals surface area contributed by atoms with Gasteiger partial charge in [-0.15, -0.1) is 0 Å². The molecule has 4 aromatic rings. The molecule has 0 amide bonds. The second-order valence-electron chi connectivity index (χ2n) is 7.08. The molecule has 0 unspecified atom stereocenters. The van der Waals surface area contributed by atoms with Crippen LogP contribution in [0.15, 0.2) is 60.7 Å². The first-order valence-corrected chi connectivity index (χ1v) is 10.5. The lowest BCUT2D eigenvalue weighted by atomic mass is 10.1. The van der Waals surface area contributed by atoms with E-state index in [4.69, 9.17) is 37.7 Å². The monoisotopic (exact) mass is 440 g/mol. The van der Waals surface area contributed by atoms with Gasteiger partial charge in [-0.05, 0) is 61.4 Å². The number of rotatable bonds is 7. The lowest BCUT2D eigenvalue weighted by molar-refractivity contribution is 0.271. The second-order valence-corrected chi connectivity index (χ2v) is 7.92. The lowest BCUT2D eigenvalue weighted by Gasteiger charge is -2.14. The van der Waals surface area contributed by atoms with Crippen LogP contribution in [0, 0.1) is 13.8 Å². The van der Waals surface area contributed by atoms with Gasteiger partial charge in [0.05, 0.1) is 22.6 Å². The van der Waals surface area contributed by atoms with E-state index < -0.39 is 0 Å². The normalized spacial score (nSPS) is 11.1. The highest BCUT2D eigenvalue weighted by Crippen LogP contribution is 2.28. The smallest absolute Gasteiger partial charge is 0.148 e. The summed E-state index contributed by atoms with van der Waals surface area (Å²) < 4.78 is 14.1. The van der Waals surface area contributed by atoms with Crippen molar-refractivity contribution < 1.29 is 9.47 Å². The number of imidazole rings is 1. The minimum Gasteiger partial charge on any atom is -0.491 e. The minimum atomic E-state index is 0.291. The van der Waals surface area contributed by atoms with Crippen molar-refractivity contribution in [2.24, 2.45) is 0 Å². The summed E-state index contributed by atoms with van der Waals surface area (Å²) in [6.45, 7) is 5.63. The third-order valence-electron chi connectivity index (χ3n) is 5.11. The standard InChI is InChI=1S/C24H22Cl2N2O2/c1-16-6-5-9-22(17(16)2)29-13-12-28-21-8-4-3-7-20(21)27-24(28)15-30-23-11-10-18(25)14-19(23)26/h3-11,14H,12-13,15H2,1-2H3. The van der Waals surface area contributed by atoms with Gasteiger partial charge in [0.15, 0.2) is 0 Å². The molecule has 0 bridgehead atoms. The molecule has 4 nitrogen and oxygen atoms in total. The summed E-state index contributed by atoms with van der Waals surface area (Å²) in [5, 5.41) is 1.05. The summed E-state index contributed by atoms with van der Waals surface area (Å²) in [4.78, 5) is 4.75. The van der Waals surface area contributed by atoms with E-state index in [1.807, 2.05) is 30.3 Å². The Morgan fingerprint density at radius 2 is 1.73 bits per heavy atom. The fraction of sp³-hybridized carbons (Fsp3) is 0.208. The Labute approximate surface area is 186 Å². The first-order chi connectivity index (χ1) is 14.5. The zero-order chi connectivity index (χ0) is 21.1. The van der Waals surface area contributed by atoms with Crippen molar-refractivity contribution in [1.29, 1.82) is 0 Å². The maximum Gasteiger partial charge on any atom is 0.148 e. The Bertz CT molecular complexity index is 1190. The quantitative estimate of drug-likeness (QED) is 0.324. The number of hydrogen-bond acceptors (Lipinski definition) is 3. The van der Waals surface area contributed by atoms with Crippen LogP contribution in [-0.4, -0.2) is 16.2 Å². The van der Waals surface area contributed by atoms with Crippen molar-refractivity contribution in [2.45, 2.75) is 27.0 Å². The summed E-state index contributed by atoms with van der Waals surface area (Å²) in [6.07, 6.45) is 0. The van der Waals surface area contributed by atoms with Crippen LogP contribution in [-0.2, 0) is 13.2 Å². The average molecular weight is 441 g/mol. The van der Waals surface area contributed by atoms with Crippen LogP contribution in [0.4, 0.5) is 0 Å². The molecule has 30 heavy (non-hydrogen) atoms. The van der Waals surface area contributed by atoms with E-state index in [9.17, 15) is 0 Å². The van der Waals surface area contributed by atoms with Gasteiger partial charge in [0.1, 0.15) is 30.5 Å². The predicted octanol–water partition coefficient (Wildman–Crippen LogP) is 6.62. The number of halogens is 2. The van der Waals surface area contributed by atoms with Crippen LogP contribution < -0.4 is 9.47 Å². The Kier molecular flexibility index (Phi) is 6.16. The van der Waals surface area contributed by atoms with Gasteiger partial charge in [-0.2, -0.15) is 0 Å². The van der Waals surface area contributed by atoms with Crippen LogP contribution in [0.5, 0.6) is 11.5 Å². The molecule has 0 aliphatic carbocycles. The molecule has 0 radical (unpaired) electrons. The molecule has 0 saturated heterocycles. The van der Waals surface area contributed by atoms with E-state index in [-0.39, 0.29) is 0 Å². The maximum atomic E-state index is 6.24. The van der Waals surface area contributed by atoms with Crippen molar-refractivity contribution >= 4 is 34.2 Å². The van der Waals surface area contributed by atoms with Gasteiger partial charge >= 0.3 is 0 Å². The van der Waals surface area contributed by atoms with Crippen LogP contribution in [0.25, 0.3) is 11.0 Å². The van der Waals surface area contributed by atoms with Gasteiger partial charge in [0.2, 0.25) is 0 Å². The first-order valence-electron chi connectivity index (χ1n) is 9.74. The highest BCUT2D eigenvalue weighted by atomic mass is 35.5. The number of hydrogen-bond donors (Lipinski definition) is 0. The third-order valence-corrected chi connectivity index (χ3v) is 5.64. The molecule has 6 heteroatoms. The largest absolute Gasteiger partial charge is 0.491 e. The molecule has 0 aliphatic rings. The fourth-order valence-corrected chi connectivity index (χ4v) is 3.81. The second kappa shape index (κ2) is 8.99. The van der Waals surface area contributed by atoms with Crippen LogP contribution in [0.1, 0.15) is 17.0 Å². The zero-order valence-corrected chi connectivity index (χ0v) is 18.4. The molecule has 0 saturated carbocycles. The molecule has 1 heterocycles. The molecule has 4 rings (SSSR count). The number of benzene rings is 3. The molecule has 0 atom stereocenters. The summed E-state index contributed by atoms with van der Waals surface area (Å²) in [6, 6.07) is 19.3. The molecule has 0 N–H and O–H groups in total. The van der Waals surface area contributed by atoms with Crippen LogP contribution >= 0.6 is 23.2 Å².